The van der Waals surface area contributed by atoms with Crippen molar-refractivity contribution in [1.29, 1.82) is 0 Å². The van der Waals surface area contributed by atoms with Crippen LogP contribution in [0.25, 0.3) is 0 Å². The summed E-state index contributed by atoms with van der Waals surface area (Å²) < 4.78 is 15.2. The summed E-state index contributed by atoms with van der Waals surface area (Å²) in [6.45, 7) is 8.64. The van der Waals surface area contributed by atoms with E-state index in [4.69, 9.17) is 0 Å². The highest BCUT2D eigenvalue weighted by Gasteiger charge is 2.34. The lowest BCUT2D eigenvalue weighted by molar-refractivity contribution is -0.118. The molecule has 0 saturated heterocycles. The topological polar surface area (TPSA) is 88.0 Å². The molecule has 0 fully saturated rings. The van der Waals surface area contributed by atoms with Gasteiger partial charge in [0.2, 0.25) is 5.91 Å². The predicted molar refractivity (Wildman–Crippen MR) is 129 cm³/mol. The molecule has 8 nitrogen and oxygen atoms in total. The number of halogens is 1. The highest BCUT2D eigenvalue weighted by Crippen LogP contribution is 2.36. The molecule has 1 atom stereocenters. The maximum atomic E-state index is 13.4. The van der Waals surface area contributed by atoms with Gasteiger partial charge in [0.25, 0.3) is 0 Å². The van der Waals surface area contributed by atoms with E-state index in [0.29, 0.717) is 18.8 Å². The van der Waals surface area contributed by atoms with Gasteiger partial charge >= 0.3 is 0 Å². The number of nitrogens with one attached hydrogen (secondary N) is 2. The number of aryl methyl sites for hydroxylation is 2. The van der Waals surface area contributed by atoms with Gasteiger partial charge in [-0.15, -0.1) is 0 Å². The summed E-state index contributed by atoms with van der Waals surface area (Å²) in [5.74, 6) is 0.606. The first-order chi connectivity index (χ1) is 15.2. The van der Waals surface area contributed by atoms with Crippen LogP contribution in [0.15, 0.2) is 30.6 Å². The van der Waals surface area contributed by atoms with Gasteiger partial charge in [-0.3, -0.25) is 14.5 Å². The highest BCUT2D eigenvalue weighted by atomic mass is 19.1. The third kappa shape index (κ3) is 4.97. The fourth-order valence-corrected chi connectivity index (χ4v) is 4.08. The Balaban J connectivity index is 0.00000306. The first kappa shape index (κ1) is 24.2. The van der Waals surface area contributed by atoms with E-state index in [9.17, 15) is 9.18 Å². The molecule has 33 heavy (non-hydrogen) atoms. The van der Waals surface area contributed by atoms with Crippen molar-refractivity contribution in [2.75, 3.05) is 22.6 Å². The number of amides is 1. The lowest BCUT2D eigenvalue weighted by Crippen LogP contribution is -2.49. The molecule has 1 amide bonds. The second-order valence-corrected chi connectivity index (χ2v) is 8.55. The summed E-state index contributed by atoms with van der Waals surface area (Å²) in [6, 6.07) is 4.84. The SMILES string of the molecule is C.Cc1nc(Cn2cc(CNc3cc4c(c(C)n3)NC(=O)[C@H](C(C)C)N4C)cn2)ccc1F. The van der Waals surface area contributed by atoms with Crippen molar-refractivity contribution >= 4 is 23.1 Å². The van der Waals surface area contributed by atoms with Crippen molar-refractivity contribution in [1.82, 2.24) is 19.7 Å². The number of carbonyl (C=O) groups excluding carboxylic acids is 1. The normalized spacial score (nSPS) is 15.2. The number of pyridine rings is 2. The number of hydrogen-bond acceptors (Lipinski definition) is 6. The molecule has 2 N–H and O–H groups in total. The third-order valence-electron chi connectivity index (χ3n) is 5.69. The zero-order valence-corrected chi connectivity index (χ0v) is 19.0. The van der Waals surface area contributed by atoms with Gasteiger partial charge in [-0.1, -0.05) is 21.3 Å². The predicted octanol–water partition coefficient (Wildman–Crippen LogP) is 4.14. The lowest BCUT2D eigenvalue weighted by atomic mass is 9.98. The van der Waals surface area contributed by atoms with Crippen LogP contribution in [0.5, 0.6) is 0 Å². The highest BCUT2D eigenvalue weighted by molar-refractivity contribution is 6.04. The number of fused-ring (bicyclic) bond motifs is 1. The molecule has 9 heteroatoms. The van der Waals surface area contributed by atoms with E-state index in [1.165, 1.54) is 6.07 Å². The number of hydrogen-bond donors (Lipinski definition) is 2. The van der Waals surface area contributed by atoms with Crippen molar-refractivity contribution in [2.45, 2.75) is 54.3 Å². The summed E-state index contributed by atoms with van der Waals surface area (Å²) in [7, 11) is 1.95. The molecular formula is C24H32FN7O. The van der Waals surface area contributed by atoms with Crippen LogP contribution in [0.1, 0.15) is 43.9 Å². The summed E-state index contributed by atoms with van der Waals surface area (Å²) >= 11 is 0. The van der Waals surface area contributed by atoms with Crippen LogP contribution in [-0.2, 0) is 17.9 Å². The average molecular weight is 454 g/mol. The first-order valence-corrected chi connectivity index (χ1v) is 10.7. The molecule has 0 saturated carbocycles. The van der Waals surface area contributed by atoms with E-state index < -0.39 is 0 Å². The van der Waals surface area contributed by atoms with Gasteiger partial charge in [-0.05, 0) is 31.9 Å². The van der Waals surface area contributed by atoms with Crippen molar-refractivity contribution in [3.05, 3.63) is 59.1 Å². The molecule has 4 rings (SSSR count). The maximum Gasteiger partial charge on any atom is 0.247 e. The lowest BCUT2D eigenvalue weighted by Gasteiger charge is -2.38. The summed E-state index contributed by atoms with van der Waals surface area (Å²) in [4.78, 5) is 23.4. The molecule has 0 bridgehead atoms. The van der Waals surface area contributed by atoms with Gasteiger partial charge in [0, 0.05) is 31.4 Å². The van der Waals surface area contributed by atoms with E-state index in [1.54, 1.807) is 23.9 Å². The van der Waals surface area contributed by atoms with Gasteiger partial charge in [-0.25, -0.2) is 9.37 Å². The second kappa shape index (κ2) is 9.56. The van der Waals surface area contributed by atoms with Crippen LogP contribution in [-0.4, -0.2) is 38.7 Å². The molecule has 3 aromatic rings. The Bertz CT molecular complexity index is 1160. The smallest absolute Gasteiger partial charge is 0.247 e. The molecule has 0 aromatic carbocycles. The molecule has 0 aliphatic carbocycles. The van der Waals surface area contributed by atoms with Gasteiger partial charge in [0.05, 0.1) is 41.2 Å². The standard InChI is InChI=1S/C23H28FN7O.CH4/c1-13(2)22-23(32)29-21-15(4)28-20(8-19(21)30(22)5)25-9-16-10-26-31(11-16)12-17-6-7-18(24)14(3)27-17;/h6-8,10-11,13,22H,9,12H2,1-5H3,(H,25,28)(H,29,32);1H4/t22-;/m0./s1. The molecule has 0 radical (unpaired) electrons. The van der Waals surface area contributed by atoms with Crippen LogP contribution in [0.2, 0.25) is 0 Å². The van der Waals surface area contributed by atoms with E-state index in [2.05, 4.69) is 25.7 Å². The molecule has 176 valence electrons. The number of likely N-dealkylation sites (N-methyl/N-ethyl adjacent to an activating group) is 1. The fourth-order valence-electron chi connectivity index (χ4n) is 4.08. The van der Waals surface area contributed by atoms with E-state index >= 15 is 0 Å². The average Bonchev–Trinajstić information content (AvgIpc) is 3.17. The number of nitrogens with zero attached hydrogens (tertiary/aromatic N) is 5. The summed E-state index contributed by atoms with van der Waals surface area (Å²) in [5.41, 5.74) is 4.60. The Hall–Kier alpha value is -3.49. The quantitative estimate of drug-likeness (QED) is 0.583. The first-order valence-electron chi connectivity index (χ1n) is 10.7. The summed E-state index contributed by atoms with van der Waals surface area (Å²) in [5, 5.41) is 10.7. The van der Waals surface area contributed by atoms with Crippen molar-refractivity contribution in [3.63, 3.8) is 0 Å². The van der Waals surface area contributed by atoms with Crippen LogP contribution >= 0.6 is 0 Å². The van der Waals surface area contributed by atoms with Gasteiger partial charge in [-0.2, -0.15) is 5.10 Å². The number of carbonyl (C=O) groups is 1. The van der Waals surface area contributed by atoms with Gasteiger partial charge in [0.15, 0.2) is 0 Å². The zero-order chi connectivity index (χ0) is 23.0. The molecule has 1 aliphatic rings. The minimum Gasteiger partial charge on any atom is -0.366 e. The Labute approximate surface area is 194 Å². The molecule has 1 aliphatic heterocycles. The largest absolute Gasteiger partial charge is 0.366 e. The number of aromatic nitrogens is 4. The number of rotatable bonds is 6. The fraction of sp³-hybridized carbons (Fsp3) is 0.417. The molecule has 0 unspecified atom stereocenters. The second-order valence-electron chi connectivity index (χ2n) is 8.55. The van der Waals surface area contributed by atoms with E-state index in [1.807, 2.05) is 45.0 Å². The van der Waals surface area contributed by atoms with Crippen LogP contribution in [0.3, 0.4) is 0 Å². The Morgan fingerprint density at radius 1 is 1.21 bits per heavy atom. The van der Waals surface area contributed by atoms with Crippen molar-refractivity contribution in [3.8, 4) is 0 Å². The van der Waals surface area contributed by atoms with E-state index in [-0.39, 0.29) is 31.1 Å². The monoisotopic (exact) mass is 453 g/mol. The van der Waals surface area contributed by atoms with E-state index in [0.717, 1.165) is 34.1 Å². The number of anilines is 3. The molecule has 3 aromatic heterocycles. The third-order valence-corrected chi connectivity index (χ3v) is 5.69. The Morgan fingerprint density at radius 3 is 2.67 bits per heavy atom. The van der Waals surface area contributed by atoms with Crippen molar-refractivity contribution < 1.29 is 9.18 Å². The minimum absolute atomic E-state index is 0. The molecule has 0 spiro atoms. The Morgan fingerprint density at radius 2 is 1.97 bits per heavy atom. The van der Waals surface area contributed by atoms with Crippen LogP contribution in [0, 0.1) is 25.6 Å². The van der Waals surface area contributed by atoms with Gasteiger partial charge in [0.1, 0.15) is 17.7 Å². The molecule has 4 heterocycles. The van der Waals surface area contributed by atoms with Crippen LogP contribution < -0.4 is 15.5 Å². The van der Waals surface area contributed by atoms with Gasteiger partial charge < -0.3 is 15.5 Å². The minimum atomic E-state index is -0.308. The van der Waals surface area contributed by atoms with Crippen molar-refractivity contribution in [2.24, 2.45) is 5.92 Å². The van der Waals surface area contributed by atoms with Crippen LogP contribution in [0.4, 0.5) is 21.6 Å². The zero-order valence-electron chi connectivity index (χ0n) is 19.0. The maximum absolute atomic E-state index is 13.4. The summed E-state index contributed by atoms with van der Waals surface area (Å²) in [6.07, 6.45) is 3.72. The molecular weight excluding hydrogens is 421 g/mol. The Kier molecular flexibility index (Phi) is 7.00.